The molecule has 2 amide bonds. The van der Waals surface area contributed by atoms with Crippen LogP contribution >= 0.6 is 0 Å². The molecule has 4 N–H and O–H groups in total. The van der Waals surface area contributed by atoms with Crippen molar-refractivity contribution < 1.29 is 31.2 Å². The van der Waals surface area contributed by atoms with Crippen molar-refractivity contribution in [2.45, 2.75) is 42.7 Å². The summed E-state index contributed by atoms with van der Waals surface area (Å²) in [6.45, 7) is 5.39. The largest absolute Gasteiger partial charge is 0.444 e. The first kappa shape index (κ1) is 25.2. The summed E-state index contributed by atoms with van der Waals surface area (Å²) in [4.78, 5) is 21.9. The van der Waals surface area contributed by atoms with Crippen molar-refractivity contribution in [3.8, 4) is 0 Å². The van der Waals surface area contributed by atoms with E-state index in [-0.39, 0.29) is 33.1 Å². The summed E-state index contributed by atoms with van der Waals surface area (Å²) in [6, 6.07) is 10.2. The highest BCUT2D eigenvalue weighted by molar-refractivity contribution is 7.94. The van der Waals surface area contributed by atoms with Crippen LogP contribution < -0.4 is 16.4 Å². The van der Waals surface area contributed by atoms with Gasteiger partial charge in [0.05, 0.1) is 15.5 Å². The lowest BCUT2D eigenvalue weighted by atomic mass is 10.3. The number of hydrogen-bond acceptors (Lipinski definition) is 8. The zero-order valence-corrected chi connectivity index (χ0v) is 20.5. The maximum Gasteiger partial charge on any atom is 0.362 e. The topological polar surface area (TPSA) is 165 Å². The first-order valence-corrected chi connectivity index (χ1v) is 12.8. The van der Waals surface area contributed by atoms with Crippen LogP contribution in [0, 0.1) is 0 Å². The zero-order valence-electron chi connectivity index (χ0n) is 18.8. The number of ether oxygens (including phenoxy) is 1. The molecule has 1 aliphatic rings. The average Bonchev–Trinajstić information content (AvgIpc) is 2.98. The van der Waals surface area contributed by atoms with Gasteiger partial charge in [0.25, 0.3) is 19.9 Å². The monoisotopic (exact) mass is 508 g/mol. The van der Waals surface area contributed by atoms with Crippen molar-refractivity contribution in [2.24, 2.45) is 5.73 Å². The molecule has 1 unspecified atom stereocenters. The summed E-state index contributed by atoms with van der Waals surface area (Å²) in [7, 11) is -9.14. The fourth-order valence-corrected chi connectivity index (χ4v) is 6.89. The summed E-state index contributed by atoms with van der Waals surface area (Å²) >= 11 is 0. The number of carbonyl (C=O) groups excluding carboxylic acids is 2. The summed E-state index contributed by atoms with van der Waals surface area (Å²) < 4.78 is 60.1. The van der Waals surface area contributed by atoms with Crippen LogP contribution in [0.2, 0.25) is 0 Å². The van der Waals surface area contributed by atoms with E-state index in [2.05, 4.69) is 10.6 Å². The molecule has 182 valence electrons. The molecule has 0 fully saturated rings. The maximum atomic E-state index is 13.5. The van der Waals surface area contributed by atoms with Gasteiger partial charge in [-0.3, -0.25) is 15.3 Å². The lowest BCUT2D eigenvalue weighted by Gasteiger charge is -2.34. The summed E-state index contributed by atoms with van der Waals surface area (Å²) in [5.74, 6) is -0.670. The van der Waals surface area contributed by atoms with Crippen molar-refractivity contribution in [2.75, 3.05) is 10.6 Å². The molecular weight excluding hydrogens is 484 g/mol. The molecule has 11 nitrogen and oxygen atoms in total. The second-order valence-corrected chi connectivity index (χ2v) is 11.4. The Labute approximate surface area is 197 Å². The molecule has 2 aromatic rings. The van der Waals surface area contributed by atoms with Crippen LogP contribution in [0.15, 0.2) is 69.8 Å². The SMILES string of the molecule is CC(=O)Nc1ccc(S(=O)(=O)N2C(C)=C(C)OC2(N)S(=O)(=O)c2ccc(NC(C)=O)cc2)cc1. The third-order valence-electron chi connectivity index (χ3n) is 4.98. The van der Waals surface area contributed by atoms with Crippen molar-refractivity contribution >= 4 is 43.0 Å². The van der Waals surface area contributed by atoms with Crippen molar-refractivity contribution in [3.63, 3.8) is 0 Å². The molecule has 0 spiro atoms. The van der Waals surface area contributed by atoms with E-state index in [9.17, 15) is 26.4 Å². The Bertz CT molecular complexity index is 1380. The summed E-state index contributed by atoms with van der Waals surface area (Å²) in [6.07, 6.45) is 0. The van der Waals surface area contributed by atoms with Crippen molar-refractivity contribution in [1.29, 1.82) is 0 Å². The van der Waals surface area contributed by atoms with Crippen LogP contribution in [0.3, 0.4) is 0 Å². The minimum absolute atomic E-state index is 0.00752. The highest BCUT2D eigenvalue weighted by atomic mass is 32.2. The Morgan fingerprint density at radius 1 is 0.824 bits per heavy atom. The Morgan fingerprint density at radius 3 is 1.65 bits per heavy atom. The smallest absolute Gasteiger partial charge is 0.362 e. The van der Waals surface area contributed by atoms with E-state index in [1.807, 2.05) is 0 Å². The average molecular weight is 509 g/mol. The van der Waals surface area contributed by atoms with Crippen LogP contribution in [-0.2, 0) is 34.2 Å². The predicted molar refractivity (Wildman–Crippen MR) is 124 cm³/mol. The molecule has 0 radical (unpaired) electrons. The number of nitrogens with one attached hydrogen (secondary N) is 2. The first-order chi connectivity index (χ1) is 15.7. The molecular formula is C21H24N4O7S2. The predicted octanol–water partition coefficient (Wildman–Crippen LogP) is 1.92. The number of rotatable bonds is 6. The first-order valence-electron chi connectivity index (χ1n) is 9.91. The van der Waals surface area contributed by atoms with E-state index in [0.717, 1.165) is 0 Å². The van der Waals surface area contributed by atoms with Gasteiger partial charge in [-0.25, -0.2) is 16.8 Å². The normalized spacial score (nSPS) is 18.4. The Balaban J connectivity index is 2.06. The van der Waals surface area contributed by atoms with Gasteiger partial charge in [0.1, 0.15) is 5.76 Å². The maximum absolute atomic E-state index is 13.5. The molecule has 1 aliphatic heterocycles. The van der Waals surface area contributed by atoms with Gasteiger partial charge in [0.2, 0.25) is 11.8 Å². The fourth-order valence-electron chi connectivity index (χ4n) is 3.33. The van der Waals surface area contributed by atoms with Gasteiger partial charge in [-0.2, -0.15) is 4.31 Å². The van der Waals surface area contributed by atoms with Crippen LogP contribution in [0.4, 0.5) is 11.4 Å². The molecule has 34 heavy (non-hydrogen) atoms. The summed E-state index contributed by atoms with van der Waals surface area (Å²) in [5, 5.41) is 2.23. The molecule has 3 rings (SSSR count). The van der Waals surface area contributed by atoms with E-state index in [1.54, 1.807) is 0 Å². The second kappa shape index (κ2) is 8.74. The van der Waals surface area contributed by atoms with Crippen LogP contribution in [0.1, 0.15) is 27.7 Å². The van der Waals surface area contributed by atoms with E-state index in [4.69, 9.17) is 10.5 Å². The number of allylic oxidation sites excluding steroid dienone is 2. The number of carbonyl (C=O) groups is 2. The summed E-state index contributed by atoms with van der Waals surface area (Å²) in [5.41, 5.74) is 6.90. The number of benzene rings is 2. The third kappa shape index (κ3) is 4.36. The molecule has 1 heterocycles. The van der Waals surface area contributed by atoms with Crippen LogP contribution in [0.25, 0.3) is 0 Å². The van der Waals surface area contributed by atoms with Crippen LogP contribution in [0.5, 0.6) is 0 Å². The minimum atomic E-state index is -4.62. The number of sulfonamides is 1. The van der Waals surface area contributed by atoms with Gasteiger partial charge >= 0.3 is 5.18 Å². The third-order valence-corrected chi connectivity index (χ3v) is 8.92. The van der Waals surface area contributed by atoms with Gasteiger partial charge < -0.3 is 15.4 Å². The van der Waals surface area contributed by atoms with E-state index >= 15 is 0 Å². The van der Waals surface area contributed by atoms with E-state index in [1.165, 1.54) is 76.2 Å². The van der Waals surface area contributed by atoms with Gasteiger partial charge in [0, 0.05) is 25.2 Å². The molecule has 0 aliphatic carbocycles. The molecule has 1 atom stereocenters. The quantitative estimate of drug-likeness (QED) is 0.532. The lowest BCUT2D eigenvalue weighted by molar-refractivity contribution is -0.115. The van der Waals surface area contributed by atoms with Crippen molar-refractivity contribution in [3.05, 3.63) is 60.0 Å². The Morgan fingerprint density at radius 2 is 1.24 bits per heavy atom. The van der Waals surface area contributed by atoms with E-state index in [0.29, 0.717) is 15.7 Å². The molecule has 0 saturated heterocycles. The van der Waals surface area contributed by atoms with Crippen LogP contribution in [-0.4, -0.2) is 38.1 Å². The standard InChI is InChI=1S/C21H24N4O7S2/c1-13-14(2)32-21(22,33(28,29)19-9-5-17(6-10-19)23-15(3)26)25(13)34(30,31)20-11-7-18(8-12-20)24-16(4)27/h5-12H,22H2,1-4H3,(H,23,26)(H,24,27). The Hall–Kier alpha value is -3.42. The number of nitrogens with two attached hydrogens (primary N) is 1. The van der Waals surface area contributed by atoms with Crippen molar-refractivity contribution in [1.82, 2.24) is 4.31 Å². The van der Waals surface area contributed by atoms with Gasteiger partial charge in [-0.05, 0) is 62.4 Å². The van der Waals surface area contributed by atoms with E-state index < -0.39 is 25.0 Å². The number of nitrogens with zero attached hydrogens (tertiary/aromatic N) is 1. The van der Waals surface area contributed by atoms with Gasteiger partial charge in [-0.1, -0.05) is 0 Å². The molecule has 2 aromatic carbocycles. The van der Waals surface area contributed by atoms with Gasteiger partial charge in [-0.15, -0.1) is 0 Å². The van der Waals surface area contributed by atoms with Gasteiger partial charge in [0.15, 0.2) is 0 Å². The number of anilines is 2. The highest BCUT2D eigenvalue weighted by Crippen LogP contribution is 2.41. The molecule has 13 heteroatoms. The fraction of sp³-hybridized carbons (Fsp3) is 0.238. The molecule has 0 bridgehead atoms. The number of sulfone groups is 1. The molecule has 0 aromatic heterocycles. The zero-order chi connectivity index (χ0) is 25.5. The Kier molecular flexibility index (Phi) is 6.48. The molecule has 0 saturated carbocycles. The highest BCUT2D eigenvalue weighted by Gasteiger charge is 2.58. The second-order valence-electron chi connectivity index (χ2n) is 7.56. The number of hydrogen-bond donors (Lipinski definition) is 3. The number of amides is 2. The minimum Gasteiger partial charge on any atom is -0.444 e. The lowest BCUT2D eigenvalue weighted by Crippen LogP contribution is -2.60.